The van der Waals surface area contributed by atoms with E-state index >= 15 is 0 Å². The van der Waals surface area contributed by atoms with Crippen molar-refractivity contribution >= 4 is 11.3 Å². The molecule has 0 aliphatic carbocycles. The molecule has 0 saturated heterocycles. The second-order valence-electron chi connectivity index (χ2n) is 5.02. The van der Waals surface area contributed by atoms with Gasteiger partial charge < -0.3 is 14.8 Å². The lowest BCUT2D eigenvalue weighted by Gasteiger charge is -2.20. The quantitative estimate of drug-likeness (QED) is 0.565. The van der Waals surface area contributed by atoms with Gasteiger partial charge in [0.25, 0.3) is 0 Å². The molecule has 0 bridgehead atoms. The van der Waals surface area contributed by atoms with Crippen LogP contribution in [0.4, 0.5) is 0 Å². The van der Waals surface area contributed by atoms with E-state index in [1.807, 2.05) is 0 Å². The van der Waals surface area contributed by atoms with Gasteiger partial charge >= 0.3 is 0 Å². The fourth-order valence-corrected chi connectivity index (χ4v) is 2.78. The summed E-state index contributed by atoms with van der Waals surface area (Å²) in [6.07, 6.45) is 2.19. The molecule has 0 unspecified atom stereocenters. The third kappa shape index (κ3) is 8.48. The molecule has 0 aromatic carbocycles. The standard InChI is InChI=1S/C15H29N3O2S/c1-4-6-16-11-15-17-14(13-21-15)12-18(8-10-20-3)7-5-9-19-2/h13,16H,4-12H2,1-3H3. The summed E-state index contributed by atoms with van der Waals surface area (Å²) in [6, 6.07) is 0. The molecule has 1 rings (SSSR count). The molecule has 5 nitrogen and oxygen atoms in total. The Hall–Kier alpha value is -0.530. The van der Waals surface area contributed by atoms with Crippen LogP contribution in [0.25, 0.3) is 0 Å². The van der Waals surface area contributed by atoms with Gasteiger partial charge in [-0.1, -0.05) is 6.92 Å². The van der Waals surface area contributed by atoms with Crippen LogP contribution in [0.1, 0.15) is 30.5 Å². The summed E-state index contributed by atoms with van der Waals surface area (Å²) in [5, 5.41) is 6.73. The Morgan fingerprint density at radius 1 is 1.24 bits per heavy atom. The minimum absolute atomic E-state index is 0.752. The molecule has 122 valence electrons. The second kappa shape index (κ2) is 12.1. The summed E-state index contributed by atoms with van der Waals surface area (Å²) < 4.78 is 10.3. The Balaban J connectivity index is 2.40. The van der Waals surface area contributed by atoms with Crippen molar-refractivity contribution in [1.82, 2.24) is 15.2 Å². The van der Waals surface area contributed by atoms with Crippen LogP contribution in [-0.2, 0) is 22.6 Å². The molecule has 1 aromatic heterocycles. The van der Waals surface area contributed by atoms with Crippen LogP contribution in [0.3, 0.4) is 0 Å². The van der Waals surface area contributed by atoms with Gasteiger partial charge in [-0.3, -0.25) is 4.90 Å². The Morgan fingerprint density at radius 2 is 2.05 bits per heavy atom. The molecule has 1 N–H and O–H groups in total. The van der Waals surface area contributed by atoms with Gasteiger partial charge in [-0.15, -0.1) is 11.3 Å². The molecule has 1 heterocycles. The van der Waals surface area contributed by atoms with Crippen molar-refractivity contribution in [3.05, 3.63) is 16.1 Å². The van der Waals surface area contributed by atoms with Gasteiger partial charge in [0, 0.05) is 52.4 Å². The highest BCUT2D eigenvalue weighted by atomic mass is 32.1. The number of ether oxygens (including phenoxy) is 2. The zero-order valence-electron chi connectivity index (χ0n) is 13.6. The van der Waals surface area contributed by atoms with E-state index in [0.717, 1.165) is 64.5 Å². The monoisotopic (exact) mass is 315 g/mol. The second-order valence-corrected chi connectivity index (χ2v) is 5.97. The lowest BCUT2D eigenvalue weighted by atomic mass is 10.3. The maximum Gasteiger partial charge on any atom is 0.107 e. The normalized spacial score (nSPS) is 11.4. The van der Waals surface area contributed by atoms with E-state index in [0.29, 0.717) is 0 Å². The van der Waals surface area contributed by atoms with E-state index in [4.69, 9.17) is 14.5 Å². The van der Waals surface area contributed by atoms with Crippen molar-refractivity contribution < 1.29 is 9.47 Å². The van der Waals surface area contributed by atoms with Crippen molar-refractivity contribution in [2.45, 2.75) is 32.9 Å². The molecule has 0 fully saturated rings. The van der Waals surface area contributed by atoms with Crippen LogP contribution in [-0.4, -0.2) is 57.0 Å². The third-order valence-electron chi connectivity index (χ3n) is 3.12. The average molecular weight is 315 g/mol. The van der Waals surface area contributed by atoms with Crippen LogP contribution >= 0.6 is 11.3 Å². The van der Waals surface area contributed by atoms with E-state index in [1.54, 1.807) is 25.6 Å². The van der Waals surface area contributed by atoms with Crippen molar-refractivity contribution in [1.29, 1.82) is 0 Å². The lowest BCUT2D eigenvalue weighted by Crippen LogP contribution is -2.29. The highest BCUT2D eigenvalue weighted by Crippen LogP contribution is 2.12. The molecule has 0 spiro atoms. The average Bonchev–Trinajstić information content (AvgIpc) is 2.92. The summed E-state index contributed by atoms with van der Waals surface area (Å²) in [4.78, 5) is 7.08. The highest BCUT2D eigenvalue weighted by molar-refractivity contribution is 7.09. The minimum atomic E-state index is 0.752. The zero-order valence-corrected chi connectivity index (χ0v) is 14.4. The van der Waals surface area contributed by atoms with Crippen LogP contribution in [0, 0.1) is 0 Å². The summed E-state index contributed by atoms with van der Waals surface area (Å²) in [7, 11) is 3.49. The topological polar surface area (TPSA) is 46.6 Å². The number of hydrogen-bond acceptors (Lipinski definition) is 6. The Kier molecular flexibility index (Phi) is 10.6. The molecular weight excluding hydrogens is 286 g/mol. The first kappa shape index (κ1) is 18.5. The summed E-state index contributed by atoms with van der Waals surface area (Å²) in [5.41, 5.74) is 1.15. The number of rotatable bonds is 13. The lowest BCUT2D eigenvalue weighted by molar-refractivity contribution is 0.128. The maximum atomic E-state index is 5.19. The van der Waals surface area contributed by atoms with Gasteiger partial charge in [0.05, 0.1) is 12.3 Å². The molecule has 1 aromatic rings. The van der Waals surface area contributed by atoms with Crippen LogP contribution in [0.5, 0.6) is 0 Å². The number of aromatic nitrogens is 1. The molecule has 0 amide bonds. The van der Waals surface area contributed by atoms with Crippen molar-refractivity contribution in [2.75, 3.05) is 47.1 Å². The van der Waals surface area contributed by atoms with Crippen molar-refractivity contribution in [3.63, 3.8) is 0 Å². The Bertz CT molecular complexity index is 360. The largest absolute Gasteiger partial charge is 0.385 e. The van der Waals surface area contributed by atoms with Gasteiger partial charge in [0.2, 0.25) is 0 Å². The summed E-state index contributed by atoms with van der Waals surface area (Å²) in [5.74, 6) is 0. The number of nitrogens with zero attached hydrogens (tertiary/aromatic N) is 2. The third-order valence-corrected chi connectivity index (χ3v) is 4.02. The molecule has 0 radical (unpaired) electrons. The maximum absolute atomic E-state index is 5.19. The molecule has 0 aliphatic heterocycles. The van der Waals surface area contributed by atoms with Crippen molar-refractivity contribution in [2.24, 2.45) is 0 Å². The highest BCUT2D eigenvalue weighted by Gasteiger charge is 2.09. The minimum Gasteiger partial charge on any atom is -0.385 e. The van der Waals surface area contributed by atoms with Gasteiger partial charge in [-0.25, -0.2) is 4.98 Å². The number of methoxy groups -OCH3 is 2. The van der Waals surface area contributed by atoms with Gasteiger partial charge in [-0.2, -0.15) is 0 Å². The summed E-state index contributed by atoms with van der Waals surface area (Å²) >= 11 is 1.74. The molecule has 0 atom stereocenters. The van der Waals surface area contributed by atoms with Gasteiger partial charge in [0.1, 0.15) is 5.01 Å². The first-order valence-electron chi connectivity index (χ1n) is 7.64. The first-order chi connectivity index (χ1) is 10.3. The van der Waals surface area contributed by atoms with Gasteiger partial charge in [0.15, 0.2) is 0 Å². The summed E-state index contributed by atoms with van der Waals surface area (Å²) in [6.45, 7) is 8.48. The van der Waals surface area contributed by atoms with Crippen LogP contribution in [0.2, 0.25) is 0 Å². The number of nitrogens with one attached hydrogen (secondary N) is 1. The van der Waals surface area contributed by atoms with Crippen LogP contribution < -0.4 is 5.32 Å². The Labute approximate surface area is 132 Å². The zero-order chi connectivity index (χ0) is 15.3. The number of hydrogen-bond donors (Lipinski definition) is 1. The smallest absolute Gasteiger partial charge is 0.107 e. The molecule has 6 heteroatoms. The van der Waals surface area contributed by atoms with E-state index in [9.17, 15) is 0 Å². The van der Waals surface area contributed by atoms with E-state index in [1.165, 1.54) is 5.01 Å². The predicted octanol–water partition coefficient (Wildman–Crippen LogP) is 2.13. The SMILES string of the molecule is CCCNCc1nc(CN(CCCOC)CCOC)cs1. The molecule has 0 aliphatic rings. The first-order valence-corrected chi connectivity index (χ1v) is 8.52. The van der Waals surface area contributed by atoms with Crippen molar-refractivity contribution in [3.8, 4) is 0 Å². The fourth-order valence-electron chi connectivity index (χ4n) is 2.03. The van der Waals surface area contributed by atoms with E-state index in [2.05, 4.69) is 22.5 Å². The van der Waals surface area contributed by atoms with E-state index in [-0.39, 0.29) is 0 Å². The fraction of sp³-hybridized carbons (Fsp3) is 0.800. The Morgan fingerprint density at radius 3 is 2.76 bits per heavy atom. The van der Waals surface area contributed by atoms with Gasteiger partial charge in [-0.05, 0) is 19.4 Å². The number of thiazole rings is 1. The molecule has 0 saturated carbocycles. The van der Waals surface area contributed by atoms with E-state index < -0.39 is 0 Å². The molecule has 21 heavy (non-hydrogen) atoms. The van der Waals surface area contributed by atoms with Crippen LogP contribution in [0.15, 0.2) is 5.38 Å². The molecular formula is C15H29N3O2S. The predicted molar refractivity (Wildman–Crippen MR) is 87.8 cm³/mol.